The van der Waals surface area contributed by atoms with Crippen LogP contribution in [-0.2, 0) is 9.59 Å². The maximum atomic E-state index is 13.0. The molecule has 0 aromatic heterocycles. The summed E-state index contributed by atoms with van der Waals surface area (Å²) < 4.78 is 5.17. The molecule has 4 rings (SSSR count). The van der Waals surface area contributed by atoms with Crippen LogP contribution in [0.1, 0.15) is 32.1 Å². The monoisotopic (exact) mass is 371 g/mol. The molecule has 6 nitrogen and oxygen atoms in total. The summed E-state index contributed by atoms with van der Waals surface area (Å²) in [7, 11) is 1.62. The number of methoxy groups -OCH3 is 1. The van der Waals surface area contributed by atoms with Crippen molar-refractivity contribution in [3.05, 3.63) is 24.3 Å². The van der Waals surface area contributed by atoms with Crippen molar-refractivity contribution in [2.45, 2.75) is 38.1 Å². The number of amides is 2. The van der Waals surface area contributed by atoms with Crippen molar-refractivity contribution in [2.24, 2.45) is 5.92 Å². The summed E-state index contributed by atoms with van der Waals surface area (Å²) in [6, 6.07) is 8.18. The second-order valence-electron chi connectivity index (χ2n) is 7.90. The molecule has 1 aliphatic carbocycles. The van der Waals surface area contributed by atoms with E-state index in [0.717, 1.165) is 43.7 Å². The van der Waals surface area contributed by atoms with Crippen LogP contribution in [-0.4, -0.2) is 67.5 Å². The highest BCUT2D eigenvalue weighted by Crippen LogP contribution is 2.29. The topological polar surface area (TPSA) is 53.1 Å². The highest BCUT2D eigenvalue weighted by Gasteiger charge is 2.38. The molecule has 1 atom stereocenters. The molecule has 0 spiro atoms. The molecule has 2 amide bonds. The summed E-state index contributed by atoms with van der Waals surface area (Å²) in [6.07, 6.45) is 5.61. The van der Waals surface area contributed by atoms with Gasteiger partial charge in [0.05, 0.1) is 13.0 Å². The minimum Gasteiger partial charge on any atom is -0.497 e. The molecule has 0 radical (unpaired) electrons. The molecular formula is C21H29N3O3. The first kappa shape index (κ1) is 18.3. The van der Waals surface area contributed by atoms with Crippen LogP contribution in [0.4, 0.5) is 5.69 Å². The normalized spacial score (nSPS) is 24.6. The Labute approximate surface area is 161 Å². The van der Waals surface area contributed by atoms with Gasteiger partial charge >= 0.3 is 0 Å². The van der Waals surface area contributed by atoms with Crippen LogP contribution in [0.25, 0.3) is 0 Å². The SMILES string of the molecule is COc1ccc(N2CC(C(=O)N3CCN(C4CCCC4)CC3)CC2=O)cc1. The first-order valence-corrected chi connectivity index (χ1v) is 10.1. The number of hydrogen-bond donors (Lipinski definition) is 0. The number of hydrogen-bond acceptors (Lipinski definition) is 4. The predicted octanol–water partition coefficient (Wildman–Crippen LogP) is 2.13. The van der Waals surface area contributed by atoms with Crippen molar-refractivity contribution in [3.63, 3.8) is 0 Å². The lowest BCUT2D eigenvalue weighted by Gasteiger charge is -2.38. The van der Waals surface area contributed by atoms with Crippen LogP contribution in [0.2, 0.25) is 0 Å². The first-order chi connectivity index (χ1) is 13.2. The summed E-state index contributed by atoms with van der Waals surface area (Å²) in [4.78, 5) is 31.7. The van der Waals surface area contributed by atoms with Gasteiger partial charge in [-0.25, -0.2) is 0 Å². The Balaban J connectivity index is 1.33. The number of nitrogens with zero attached hydrogens (tertiary/aromatic N) is 3. The van der Waals surface area contributed by atoms with E-state index in [0.29, 0.717) is 13.0 Å². The maximum Gasteiger partial charge on any atom is 0.228 e. The highest BCUT2D eigenvalue weighted by molar-refractivity contribution is 6.00. The van der Waals surface area contributed by atoms with E-state index < -0.39 is 0 Å². The van der Waals surface area contributed by atoms with Gasteiger partial charge in [0.1, 0.15) is 5.75 Å². The minimum absolute atomic E-state index is 0.0307. The molecular weight excluding hydrogens is 342 g/mol. The summed E-state index contributed by atoms with van der Waals surface area (Å²) in [6.45, 7) is 4.01. The third-order valence-electron chi connectivity index (χ3n) is 6.33. The van der Waals surface area contributed by atoms with Gasteiger partial charge in [-0.1, -0.05) is 12.8 Å². The lowest BCUT2D eigenvalue weighted by Crippen LogP contribution is -2.52. The fourth-order valence-electron chi connectivity index (χ4n) is 4.72. The number of anilines is 1. The maximum absolute atomic E-state index is 13.0. The number of rotatable bonds is 4. The molecule has 0 bridgehead atoms. The fraction of sp³-hybridized carbons (Fsp3) is 0.619. The Morgan fingerprint density at radius 2 is 1.70 bits per heavy atom. The molecule has 0 N–H and O–H groups in total. The molecule has 1 saturated carbocycles. The zero-order valence-electron chi connectivity index (χ0n) is 16.1. The highest BCUT2D eigenvalue weighted by atomic mass is 16.5. The standard InChI is InChI=1S/C21H29N3O3/c1-27-19-8-6-18(7-9-19)24-15-16(14-20(24)25)21(26)23-12-10-22(11-13-23)17-4-2-3-5-17/h6-9,16-17H,2-5,10-15H2,1H3. The van der Waals surface area contributed by atoms with E-state index in [2.05, 4.69) is 4.90 Å². The van der Waals surface area contributed by atoms with Gasteiger partial charge in [0.15, 0.2) is 0 Å². The Bertz CT molecular complexity index is 676. The van der Waals surface area contributed by atoms with Gasteiger partial charge in [0.2, 0.25) is 11.8 Å². The molecule has 3 fully saturated rings. The summed E-state index contributed by atoms with van der Waals surface area (Å²) in [5, 5.41) is 0. The van der Waals surface area contributed by atoms with Gasteiger partial charge in [-0.15, -0.1) is 0 Å². The Kier molecular flexibility index (Phi) is 5.34. The van der Waals surface area contributed by atoms with Gasteiger partial charge in [0, 0.05) is 50.9 Å². The van der Waals surface area contributed by atoms with E-state index in [1.807, 2.05) is 29.2 Å². The smallest absolute Gasteiger partial charge is 0.228 e. The molecule has 2 heterocycles. The second-order valence-corrected chi connectivity index (χ2v) is 7.90. The van der Waals surface area contributed by atoms with Crippen LogP contribution in [0.3, 0.4) is 0 Å². The zero-order valence-corrected chi connectivity index (χ0v) is 16.1. The van der Waals surface area contributed by atoms with Crippen LogP contribution >= 0.6 is 0 Å². The number of carbonyl (C=O) groups excluding carboxylic acids is 2. The van der Waals surface area contributed by atoms with Crippen molar-refractivity contribution in [2.75, 3.05) is 44.7 Å². The Hall–Kier alpha value is -2.08. The summed E-state index contributed by atoms with van der Waals surface area (Å²) in [5.41, 5.74) is 0.835. The van der Waals surface area contributed by atoms with E-state index in [-0.39, 0.29) is 17.7 Å². The average Bonchev–Trinajstić information content (AvgIpc) is 3.38. The predicted molar refractivity (Wildman–Crippen MR) is 104 cm³/mol. The van der Waals surface area contributed by atoms with Gasteiger partial charge in [-0.05, 0) is 37.1 Å². The van der Waals surface area contributed by atoms with Crippen LogP contribution in [0.15, 0.2) is 24.3 Å². The van der Waals surface area contributed by atoms with Crippen molar-refractivity contribution in [1.82, 2.24) is 9.80 Å². The second kappa shape index (κ2) is 7.89. The quantitative estimate of drug-likeness (QED) is 0.814. The molecule has 146 valence electrons. The van der Waals surface area contributed by atoms with Gasteiger partial charge in [-0.3, -0.25) is 14.5 Å². The summed E-state index contributed by atoms with van der Waals surface area (Å²) in [5.74, 6) is 0.712. The van der Waals surface area contributed by atoms with Crippen LogP contribution in [0, 0.1) is 5.92 Å². The summed E-state index contributed by atoms with van der Waals surface area (Å²) >= 11 is 0. The molecule has 1 aromatic carbocycles. The van der Waals surface area contributed by atoms with Gasteiger partial charge in [-0.2, -0.15) is 0 Å². The van der Waals surface area contributed by atoms with Gasteiger partial charge < -0.3 is 14.5 Å². The molecule has 1 aromatic rings. The molecule has 3 aliphatic rings. The van der Waals surface area contributed by atoms with Crippen molar-refractivity contribution in [1.29, 1.82) is 0 Å². The molecule has 27 heavy (non-hydrogen) atoms. The van der Waals surface area contributed by atoms with Crippen LogP contribution in [0.5, 0.6) is 5.75 Å². The number of benzene rings is 1. The Morgan fingerprint density at radius 3 is 2.33 bits per heavy atom. The third kappa shape index (κ3) is 3.81. The largest absolute Gasteiger partial charge is 0.497 e. The average molecular weight is 371 g/mol. The molecule has 2 aliphatic heterocycles. The number of ether oxygens (including phenoxy) is 1. The van der Waals surface area contributed by atoms with Crippen molar-refractivity contribution in [3.8, 4) is 5.75 Å². The number of carbonyl (C=O) groups is 2. The number of piperazine rings is 1. The van der Waals surface area contributed by atoms with E-state index in [9.17, 15) is 9.59 Å². The first-order valence-electron chi connectivity index (χ1n) is 10.1. The van der Waals surface area contributed by atoms with Crippen molar-refractivity contribution < 1.29 is 14.3 Å². The van der Waals surface area contributed by atoms with Gasteiger partial charge in [0.25, 0.3) is 0 Å². The van der Waals surface area contributed by atoms with E-state index in [1.165, 1.54) is 25.7 Å². The van der Waals surface area contributed by atoms with Crippen LogP contribution < -0.4 is 9.64 Å². The minimum atomic E-state index is -0.224. The lowest BCUT2D eigenvalue weighted by molar-refractivity contribution is -0.137. The fourth-order valence-corrected chi connectivity index (χ4v) is 4.72. The zero-order chi connectivity index (χ0) is 18.8. The van der Waals surface area contributed by atoms with E-state index in [1.54, 1.807) is 12.0 Å². The Morgan fingerprint density at radius 1 is 1.04 bits per heavy atom. The lowest BCUT2D eigenvalue weighted by atomic mass is 10.1. The van der Waals surface area contributed by atoms with Crippen molar-refractivity contribution >= 4 is 17.5 Å². The van der Waals surface area contributed by atoms with E-state index >= 15 is 0 Å². The molecule has 1 unspecified atom stereocenters. The molecule has 2 saturated heterocycles. The molecule has 6 heteroatoms. The van der Waals surface area contributed by atoms with E-state index in [4.69, 9.17) is 4.74 Å². The third-order valence-corrected chi connectivity index (χ3v) is 6.33.